The van der Waals surface area contributed by atoms with Crippen molar-refractivity contribution in [3.8, 4) is 0 Å². The number of carbonyl (C=O) groups is 1. The maximum atomic E-state index is 10.8. The van der Waals surface area contributed by atoms with E-state index in [-0.39, 0.29) is 0 Å². The summed E-state index contributed by atoms with van der Waals surface area (Å²) in [6.07, 6.45) is 9.59. The zero-order valence-corrected chi connectivity index (χ0v) is 6.95. The van der Waals surface area contributed by atoms with Crippen molar-refractivity contribution >= 4 is 6.29 Å². The molecule has 0 amide bonds. The zero-order chi connectivity index (χ0) is 8.32. The van der Waals surface area contributed by atoms with Crippen molar-refractivity contribution in [3.63, 3.8) is 0 Å². The third kappa shape index (κ3) is 1.40. The van der Waals surface area contributed by atoms with Crippen LogP contribution in [0.3, 0.4) is 0 Å². The predicted octanol–water partition coefficient (Wildman–Crippen LogP) is 1.00. The van der Waals surface area contributed by atoms with Gasteiger partial charge in [0.25, 0.3) is 0 Å². The smallest absolute Gasteiger partial charge is 0.144 e. The van der Waals surface area contributed by atoms with Crippen LogP contribution in [0.25, 0.3) is 0 Å². The van der Waals surface area contributed by atoms with Gasteiger partial charge in [-0.05, 0) is 20.5 Å². The number of carbonyl (C=O) groups excluding carboxylic acids is 1. The van der Waals surface area contributed by atoms with E-state index in [1.807, 2.05) is 43.3 Å². The first kappa shape index (κ1) is 8.21. The Bertz CT molecular complexity index is 206. The largest absolute Gasteiger partial charge is 0.301 e. The van der Waals surface area contributed by atoms with Gasteiger partial charge in [0.2, 0.25) is 0 Å². The second-order valence-electron chi connectivity index (χ2n) is 2.99. The molecule has 2 heteroatoms. The van der Waals surface area contributed by atoms with Crippen molar-refractivity contribution in [2.24, 2.45) is 0 Å². The van der Waals surface area contributed by atoms with Crippen molar-refractivity contribution in [1.82, 2.24) is 4.90 Å². The van der Waals surface area contributed by atoms with Gasteiger partial charge in [-0.3, -0.25) is 4.90 Å². The molecule has 0 N–H and O–H groups in total. The normalized spacial score (nSPS) is 29.4. The molecule has 1 aliphatic carbocycles. The van der Waals surface area contributed by atoms with Crippen LogP contribution in [0.2, 0.25) is 0 Å². The molecule has 60 valence electrons. The first-order chi connectivity index (χ1) is 5.21. The molecule has 0 aliphatic heterocycles. The molecule has 2 nitrogen and oxygen atoms in total. The maximum Gasteiger partial charge on any atom is 0.144 e. The molecule has 1 unspecified atom stereocenters. The first-order valence-corrected chi connectivity index (χ1v) is 3.69. The van der Waals surface area contributed by atoms with E-state index < -0.39 is 5.54 Å². The van der Waals surface area contributed by atoms with Crippen molar-refractivity contribution < 1.29 is 4.79 Å². The molecule has 1 aliphatic rings. The molecular weight excluding hydrogens is 138 g/mol. The van der Waals surface area contributed by atoms with Gasteiger partial charge in [-0.2, -0.15) is 0 Å². The number of aldehydes is 1. The Morgan fingerprint density at radius 2 is 2.18 bits per heavy atom. The molecule has 0 aromatic carbocycles. The van der Waals surface area contributed by atoms with E-state index in [4.69, 9.17) is 0 Å². The summed E-state index contributed by atoms with van der Waals surface area (Å²) in [4.78, 5) is 12.7. The number of allylic oxidation sites excluding steroid dienone is 2. The summed E-state index contributed by atoms with van der Waals surface area (Å²) < 4.78 is 0. The summed E-state index contributed by atoms with van der Waals surface area (Å²) in [7, 11) is 3.83. The Morgan fingerprint density at radius 3 is 2.45 bits per heavy atom. The Balaban J connectivity index is 2.85. The van der Waals surface area contributed by atoms with Crippen LogP contribution < -0.4 is 0 Å². The summed E-state index contributed by atoms with van der Waals surface area (Å²) in [5, 5.41) is 0. The lowest BCUT2D eigenvalue weighted by molar-refractivity contribution is -0.114. The van der Waals surface area contributed by atoms with Gasteiger partial charge in [0.15, 0.2) is 0 Å². The molecule has 1 rings (SSSR count). The van der Waals surface area contributed by atoms with E-state index in [0.29, 0.717) is 0 Å². The lowest BCUT2D eigenvalue weighted by Crippen LogP contribution is -2.44. The van der Waals surface area contributed by atoms with Crippen LogP contribution >= 0.6 is 0 Å². The average Bonchev–Trinajstić information content (AvgIpc) is 2.05. The topological polar surface area (TPSA) is 20.3 Å². The van der Waals surface area contributed by atoms with E-state index in [0.717, 1.165) is 12.7 Å². The zero-order valence-electron chi connectivity index (χ0n) is 6.95. The second-order valence-corrected chi connectivity index (χ2v) is 2.99. The number of rotatable bonds is 2. The Hall–Kier alpha value is -0.890. The minimum atomic E-state index is -0.394. The summed E-state index contributed by atoms with van der Waals surface area (Å²) in [5.41, 5.74) is -0.394. The van der Waals surface area contributed by atoms with E-state index >= 15 is 0 Å². The summed E-state index contributed by atoms with van der Waals surface area (Å²) in [6, 6.07) is 0. The molecule has 0 fully saturated rings. The van der Waals surface area contributed by atoms with Crippen LogP contribution in [0.1, 0.15) is 6.42 Å². The van der Waals surface area contributed by atoms with E-state index in [1.54, 1.807) is 0 Å². The Labute approximate surface area is 67.2 Å². The minimum Gasteiger partial charge on any atom is -0.301 e. The minimum absolute atomic E-state index is 0.394. The summed E-state index contributed by atoms with van der Waals surface area (Å²) >= 11 is 0. The van der Waals surface area contributed by atoms with Gasteiger partial charge in [0.05, 0.1) is 5.54 Å². The molecule has 1 atom stereocenters. The highest BCUT2D eigenvalue weighted by Gasteiger charge is 2.28. The fourth-order valence-electron chi connectivity index (χ4n) is 1.15. The molecule has 0 heterocycles. The fourth-order valence-corrected chi connectivity index (χ4v) is 1.15. The van der Waals surface area contributed by atoms with Gasteiger partial charge < -0.3 is 4.79 Å². The van der Waals surface area contributed by atoms with E-state index in [9.17, 15) is 4.79 Å². The molecule has 0 bridgehead atoms. The molecule has 0 aromatic rings. The SMILES string of the molecule is CN(C)C1(C=O)C=CC=CC1. The lowest BCUT2D eigenvalue weighted by atomic mass is 9.92. The van der Waals surface area contributed by atoms with Crippen LogP contribution in [-0.2, 0) is 4.79 Å². The van der Waals surface area contributed by atoms with Crippen molar-refractivity contribution in [1.29, 1.82) is 0 Å². The number of hydrogen-bond donors (Lipinski definition) is 0. The third-order valence-electron chi connectivity index (χ3n) is 2.11. The Kier molecular flexibility index (Phi) is 2.25. The van der Waals surface area contributed by atoms with Crippen LogP contribution in [0.4, 0.5) is 0 Å². The highest BCUT2D eigenvalue weighted by Crippen LogP contribution is 2.20. The van der Waals surface area contributed by atoms with Gasteiger partial charge in [-0.15, -0.1) is 0 Å². The predicted molar refractivity (Wildman–Crippen MR) is 45.4 cm³/mol. The van der Waals surface area contributed by atoms with Gasteiger partial charge in [0, 0.05) is 0 Å². The maximum absolute atomic E-state index is 10.8. The quantitative estimate of drug-likeness (QED) is 0.549. The molecule has 0 aromatic heterocycles. The highest BCUT2D eigenvalue weighted by atomic mass is 16.1. The van der Waals surface area contributed by atoms with Crippen LogP contribution in [0.15, 0.2) is 24.3 Å². The molecule has 0 radical (unpaired) electrons. The van der Waals surface area contributed by atoms with Gasteiger partial charge in [-0.1, -0.05) is 24.3 Å². The van der Waals surface area contributed by atoms with Crippen molar-refractivity contribution in [2.45, 2.75) is 12.0 Å². The second kappa shape index (κ2) is 3.01. The molecule has 0 saturated carbocycles. The Morgan fingerprint density at radius 1 is 1.45 bits per heavy atom. The molecular formula is C9H13NO. The van der Waals surface area contributed by atoms with Gasteiger partial charge in [-0.25, -0.2) is 0 Å². The van der Waals surface area contributed by atoms with Crippen molar-refractivity contribution in [3.05, 3.63) is 24.3 Å². The van der Waals surface area contributed by atoms with E-state index in [2.05, 4.69) is 0 Å². The van der Waals surface area contributed by atoms with Crippen LogP contribution in [0.5, 0.6) is 0 Å². The van der Waals surface area contributed by atoms with Gasteiger partial charge in [0.1, 0.15) is 6.29 Å². The van der Waals surface area contributed by atoms with Crippen LogP contribution in [-0.4, -0.2) is 30.8 Å². The van der Waals surface area contributed by atoms with Crippen LogP contribution in [0, 0.1) is 0 Å². The molecule has 0 saturated heterocycles. The number of hydrogen-bond acceptors (Lipinski definition) is 2. The third-order valence-corrected chi connectivity index (χ3v) is 2.11. The monoisotopic (exact) mass is 151 g/mol. The fraction of sp³-hybridized carbons (Fsp3) is 0.444. The summed E-state index contributed by atoms with van der Waals surface area (Å²) in [6.45, 7) is 0. The molecule has 0 spiro atoms. The molecule has 11 heavy (non-hydrogen) atoms. The highest BCUT2D eigenvalue weighted by molar-refractivity contribution is 5.69. The standard InChI is InChI=1S/C9H13NO/c1-10(2)9(8-11)6-4-3-5-7-9/h3-6,8H,7H2,1-2H3. The number of likely N-dealkylation sites (N-methyl/N-ethyl adjacent to an activating group) is 1. The van der Waals surface area contributed by atoms with Crippen molar-refractivity contribution in [2.75, 3.05) is 14.1 Å². The van der Waals surface area contributed by atoms with Gasteiger partial charge >= 0.3 is 0 Å². The number of nitrogens with zero attached hydrogens (tertiary/aromatic N) is 1. The average molecular weight is 151 g/mol. The van der Waals surface area contributed by atoms with E-state index in [1.165, 1.54) is 0 Å². The summed E-state index contributed by atoms with van der Waals surface area (Å²) in [5.74, 6) is 0. The first-order valence-electron chi connectivity index (χ1n) is 3.69. The lowest BCUT2D eigenvalue weighted by Gasteiger charge is -2.32.